The molecule has 0 radical (unpaired) electrons. The fraction of sp³-hybridized carbons (Fsp3) is 0.882. The number of nitrogens with one attached hydrogen (secondary N) is 2. The summed E-state index contributed by atoms with van der Waals surface area (Å²) in [4.78, 5) is 21.1. The van der Waals surface area contributed by atoms with E-state index in [-0.39, 0.29) is 5.91 Å². The van der Waals surface area contributed by atoms with Crippen LogP contribution < -0.4 is 10.6 Å². The van der Waals surface area contributed by atoms with Crippen molar-refractivity contribution in [2.75, 3.05) is 39.8 Å². The second-order valence-corrected chi connectivity index (χ2v) is 7.28. The average Bonchev–Trinajstić information content (AvgIpc) is 3.36. The lowest BCUT2D eigenvalue weighted by atomic mass is 10.1. The van der Waals surface area contributed by atoms with E-state index >= 15 is 0 Å². The highest BCUT2D eigenvalue weighted by molar-refractivity contribution is 5.86. The van der Waals surface area contributed by atoms with Gasteiger partial charge in [-0.2, -0.15) is 0 Å². The fourth-order valence-corrected chi connectivity index (χ4v) is 3.71. The van der Waals surface area contributed by atoms with Crippen LogP contribution in [0.3, 0.4) is 0 Å². The predicted molar refractivity (Wildman–Crippen MR) is 92.5 cm³/mol. The van der Waals surface area contributed by atoms with Crippen molar-refractivity contribution in [1.29, 1.82) is 0 Å². The molecule has 6 nitrogen and oxygen atoms in total. The average molecular weight is 321 g/mol. The molecule has 130 valence electrons. The van der Waals surface area contributed by atoms with E-state index in [9.17, 15) is 4.79 Å². The molecule has 3 rings (SSSR count). The van der Waals surface area contributed by atoms with Crippen molar-refractivity contribution in [3.8, 4) is 0 Å². The number of hydrogen-bond acceptors (Lipinski definition) is 3. The third-order valence-electron chi connectivity index (χ3n) is 5.37. The molecule has 0 aromatic carbocycles. The number of carbonyl (C=O) groups is 1. The minimum absolute atomic E-state index is 0.187. The van der Waals surface area contributed by atoms with Gasteiger partial charge in [0.1, 0.15) is 0 Å². The lowest BCUT2D eigenvalue weighted by Gasteiger charge is -2.27. The minimum Gasteiger partial charge on any atom is -0.352 e. The molecule has 1 amide bonds. The van der Waals surface area contributed by atoms with Crippen molar-refractivity contribution in [1.82, 2.24) is 20.4 Å². The third kappa shape index (κ3) is 4.37. The third-order valence-corrected chi connectivity index (χ3v) is 5.37. The summed E-state index contributed by atoms with van der Waals surface area (Å²) in [5.41, 5.74) is 0. The molecule has 0 aromatic rings. The number of rotatable bonds is 4. The van der Waals surface area contributed by atoms with Crippen molar-refractivity contribution in [2.45, 2.75) is 51.1 Å². The molecule has 3 aliphatic rings. The molecule has 2 unspecified atom stereocenters. The minimum atomic E-state index is 0.187. The Hall–Kier alpha value is -1.30. The normalized spacial score (nSPS) is 29.7. The van der Waals surface area contributed by atoms with Gasteiger partial charge in [-0.3, -0.25) is 14.7 Å². The van der Waals surface area contributed by atoms with Gasteiger partial charge >= 0.3 is 0 Å². The van der Waals surface area contributed by atoms with Crippen molar-refractivity contribution in [3.63, 3.8) is 0 Å². The summed E-state index contributed by atoms with van der Waals surface area (Å²) in [5, 5.41) is 6.72. The number of nitrogens with zero attached hydrogens (tertiary/aromatic N) is 3. The molecule has 2 saturated heterocycles. The highest BCUT2D eigenvalue weighted by Gasteiger charge is 2.38. The molecular weight excluding hydrogens is 290 g/mol. The van der Waals surface area contributed by atoms with Gasteiger partial charge in [-0.25, -0.2) is 0 Å². The van der Waals surface area contributed by atoms with Gasteiger partial charge in [0.2, 0.25) is 5.91 Å². The van der Waals surface area contributed by atoms with Gasteiger partial charge in [0.25, 0.3) is 0 Å². The van der Waals surface area contributed by atoms with Gasteiger partial charge in [0.05, 0.1) is 6.54 Å². The molecule has 1 aliphatic carbocycles. The number of piperidine rings is 1. The Bertz CT molecular complexity index is 442. The van der Waals surface area contributed by atoms with Crippen LogP contribution in [0.25, 0.3) is 0 Å². The number of carbonyl (C=O) groups excluding carboxylic acids is 1. The second-order valence-electron chi connectivity index (χ2n) is 7.28. The number of hydrogen-bond donors (Lipinski definition) is 2. The number of guanidine groups is 1. The van der Waals surface area contributed by atoms with Gasteiger partial charge < -0.3 is 15.5 Å². The van der Waals surface area contributed by atoms with Crippen LogP contribution in [-0.2, 0) is 4.79 Å². The molecule has 23 heavy (non-hydrogen) atoms. The van der Waals surface area contributed by atoms with E-state index in [0.717, 1.165) is 44.5 Å². The smallest absolute Gasteiger partial charge is 0.241 e. The first-order chi connectivity index (χ1) is 11.2. The quantitative estimate of drug-likeness (QED) is 0.589. The molecular formula is C17H31N5O. The summed E-state index contributed by atoms with van der Waals surface area (Å²) in [6.45, 7) is 6.71. The lowest BCUT2D eigenvalue weighted by Crippen LogP contribution is -2.50. The van der Waals surface area contributed by atoms with Gasteiger partial charge in [-0.15, -0.1) is 0 Å². The van der Waals surface area contributed by atoms with E-state index in [1.807, 2.05) is 4.90 Å². The van der Waals surface area contributed by atoms with E-state index < -0.39 is 0 Å². The molecule has 2 aliphatic heterocycles. The van der Waals surface area contributed by atoms with Gasteiger partial charge in [-0.05, 0) is 38.0 Å². The topological polar surface area (TPSA) is 60.0 Å². The number of amides is 1. The molecule has 2 atom stereocenters. The van der Waals surface area contributed by atoms with Crippen LogP contribution in [0.5, 0.6) is 0 Å². The highest BCUT2D eigenvalue weighted by Crippen LogP contribution is 2.31. The maximum atomic E-state index is 12.2. The van der Waals surface area contributed by atoms with Crippen LogP contribution in [0, 0.1) is 5.92 Å². The summed E-state index contributed by atoms with van der Waals surface area (Å²) in [5.74, 6) is 1.56. The molecule has 0 spiro atoms. The Kier molecular flexibility index (Phi) is 5.41. The molecule has 3 fully saturated rings. The van der Waals surface area contributed by atoms with Crippen molar-refractivity contribution in [2.24, 2.45) is 10.9 Å². The van der Waals surface area contributed by atoms with Crippen molar-refractivity contribution < 1.29 is 4.79 Å². The van der Waals surface area contributed by atoms with Gasteiger partial charge in [0.15, 0.2) is 5.96 Å². The Balaban J connectivity index is 1.43. The first kappa shape index (κ1) is 16.6. The highest BCUT2D eigenvalue weighted by atomic mass is 16.2. The Morgan fingerprint density at radius 1 is 1.17 bits per heavy atom. The monoisotopic (exact) mass is 321 g/mol. The molecule has 1 saturated carbocycles. The van der Waals surface area contributed by atoms with Crippen LogP contribution in [0.2, 0.25) is 0 Å². The maximum absolute atomic E-state index is 12.2. The number of aliphatic imine (C=N–C) groups is 1. The van der Waals surface area contributed by atoms with Crippen molar-refractivity contribution >= 4 is 11.9 Å². The van der Waals surface area contributed by atoms with E-state index in [2.05, 4.69) is 27.4 Å². The van der Waals surface area contributed by atoms with Crippen LogP contribution in [0.4, 0.5) is 0 Å². The van der Waals surface area contributed by atoms with E-state index in [1.165, 1.54) is 25.8 Å². The first-order valence-electron chi connectivity index (χ1n) is 9.16. The van der Waals surface area contributed by atoms with E-state index in [0.29, 0.717) is 18.5 Å². The van der Waals surface area contributed by atoms with Crippen LogP contribution in [0.15, 0.2) is 4.99 Å². The zero-order valence-corrected chi connectivity index (χ0v) is 14.6. The Labute approximate surface area is 139 Å². The first-order valence-corrected chi connectivity index (χ1v) is 9.16. The van der Waals surface area contributed by atoms with Crippen LogP contribution >= 0.6 is 0 Å². The summed E-state index contributed by atoms with van der Waals surface area (Å²) >= 11 is 0. The van der Waals surface area contributed by atoms with Gasteiger partial charge in [0, 0.05) is 45.3 Å². The lowest BCUT2D eigenvalue weighted by molar-refractivity contribution is -0.130. The van der Waals surface area contributed by atoms with Crippen LogP contribution in [-0.4, -0.2) is 73.5 Å². The maximum Gasteiger partial charge on any atom is 0.241 e. The molecule has 6 heteroatoms. The van der Waals surface area contributed by atoms with Crippen LogP contribution in [0.1, 0.15) is 39.0 Å². The summed E-state index contributed by atoms with van der Waals surface area (Å²) in [6.07, 6.45) is 6.23. The molecule has 0 aromatic heterocycles. The standard InChI is InChI=1S/C17H31N5O/c1-13-11-22(14-6-7-14)12-15(13)20-17(18-2)19-10-16(23)21-8-4-3-5-9-21/h13-15H,3-12H2,1-2H3,(H2,18,19,20). The Morgan fingerprint density at radius 2 is 1.91 bits per heavy atom. The fourth-order valence-electron chi connectivity index (χ4n) is 3.71. The SMILES string of the molecule is CN=C(NCC(=O)N1CCCCC1)NC1CN(C2CC2)CC1C. The van der Waals surface area contributed by atoms with Gasteiger partial charge in [-0.1, -0.05) is 6.92 Å². The Morgan fingerprint density at radius 3 is 2.57 bits per heavy atom. The molecule has 0 bridgehead atoms. The summed E-state index contributed by atoms with van der Waals surface area (Å²) < 4.78 is 0. The second kappa shape index (κ2) is 7.51. The van der Waals surface area contributed by atoms with E-state index in [4.69, 9.17) is 0 Å². The van der Waals surface area contributed by atoms with E-state index in [1.54, 1.807) is 7.05 Å². The molecule has 2 N–H and O–H groups in total. The summed E-state index contributed by atoms with van der Waals surface area (Å²) in [6, 6.07) is 1.24. The zero-order chi connectivity index (χ0) is 16.2. The summed E-state index contributed by atoms with van der Waals surface area (Å²) in [7, 11) is 1.78. The molecule has 2 heterocycles. The van der Waals surface area contributed by atoms with Crippen molar-refractivity contribution in [3.05, 3.63) is 0 Å². The largest absolute Gasteiger partial charge is 0.352 e. The zero-order valence-electron chi connectivity index (χ0n) is 14.6. The predicted octanol–water partition coefficient (Wildman–Crippen LogP) is 0.647. The number of likely N-dealkylation sites (tertiary alicyclic amines) is 2.